The lowest BCUT2D eigenvalue weighted by atomic mass is 10.1. The Bertz CT molecular complexity index is 1270. The van der Waals surface area contributed by atoms with Crippen LogP contribution in [0.5, 0.6) is 11.6 Å². The van der Waals surface area contributed by atoms with Crippen molar-refractivity contribution in [2.24, 2.45) is 0 Å². The molecule has 2 aromatic carbocycles. The maximum absolute atomic E-state index is 12.9. The molecule has 4 aromatic rings. The largest absolute Gasteiger partial charge is 0.573 e. The molecule has 0 aliphatic heterocycles. The molecule has 0 saturated heterocycles. The fourth-order valence-electron chi connectivity index (χ4n) is 3.27. The maximum atomic E-state index is 12.9. The molecule has 2 heterocycles. The van der Waals surface area contributed by atoms with Crippen molar-refractivity contribution in [1.82, 2.24) is 14.1 Å². The molecule has 4 rings (SSSR count). The summed E-state index contributed by atoms with van der Waals surface area (Å²) in [5.41, 5.74) is 2.36. The van der Waals surface area contributed by atoms with E-state index in [9.17, 15) is 23.1 Å². The number of aryl methyl sites for hydroxylation is 1. The summed E-state index contributed by atoms with van der Waals surface area (Å²) in [5, 5.41) is 11.2. The van der Waals surface area contributed by atoms with Crippen LogP contribution in [0.4, 0.5) is 13.2 Å². The molecule has 30 heavy (non-hydrogen) atoms. The van der Waals surface area contributed by atoms with Crippen LogP contribution < -0.4 is 10.4 Å². The summed E-state index contributed by atoms with van der Waals surface area (Å²) in [6, 6.07) is 12.3. The fourth-order valence-corrected chi connectivity index (χ4v) is 3.27. The zero-order valence-electron chi connectivity index (χ0n) is 15.7. The Morgan fingerprint density at radius 2 is 1.83 bits per heavy atom. The molecule has 0 fully saturated rings. The van der Waals surface area contributed by atoms with E-state index in [0.717, 1.165) is 38.7 Å². The summed E-state index contributed by atoms with van der Waals surface area (Å²) in [6.07, 6.45) is -1.88. The third-order valence-corrected chi connectivity index (χ3v) is 4.59. The second-order valence-electron chi connectivity index (χ2n) is 6.77. The lowest BCUT2D eigenvalue weighted by Crippen LogP contribution is -2.23. The Morgan fingerprint density at radius 1 is 1.10 bits per heavy atom. The van der Waals surface area contributed by atoms with E-state index in [2.05, 4.69) is 9.72 Å². The second-order valence-corrected chi connectivity index (χ2v) is 6.77. The number of rotatable bonds is 4. The molecule has 2 aromatic heterocycles. The van der Waals surface area contributed by atoms with E-state index in [1.165, 1.54) is 22.9 Å². The lowest BCUT2D eigenvalue weighted by Gasteiger charge is -2.09. The van der Waals surface area contributed by atoms with Crippen molar-refractivity contribution >= 4 is 10.9 Å². The van der Waals surface area contributed by atoms with Crippen molar-refractivity contribution in [2.75, 3.05) is 0 Å². The van der Waals surface area contributed by atoms with Gasteiger partial charge in [0.2, 0.25) is 5.88 Å². The first-order chi connectivity index (χ1) is 14.2. The molecule has 0 saturated carbocycles. The number of aromatic hydroxyl groups is 1. The van der Waals surface area contributed by atoms with Crippen LogP contribution in [0.2, 0.25) is 0 Å². The van der Waals surface area contributed by atoms with Gasteiger partial charge in [0, 0.05) is 11.6 Å². The van der Waals surface area contributed by atoms with Crippen LogP contribution in [0.25, 0.3) is 16.6 Å². The van der Waals surface area contributed by atoms with Crippen LogP contribution in [0.1, 0.15) is 11.1 Å². The third-order valence-electron chi connectivity index (χ3n) is 4.59. The number of fused-ring (bicyclic) bond motifs is 1. The van der Waals surface area contributed by atoms with Gasteiger partial charge >= 0.3 is 12.1 Å². The summed E-state index contributed by atoms with van der Waals surface area (Å²) in [5.74, 6) is -0.754. The third kappa shape index (κ3) is 3.86. The van der Waals surface area contributed by atoms with Gasteiger partial charge in [0.05, 0.1) is 23.9 Å². The summed E-state index contributed by atoms with van der Waals surface area (Å²) in [4.78, 5) is 17.2. The molecule has 0 bridgehead atoms. The minimum atomic E-state index is -4.81. The zero-order chi connectivity index (χ0) is 21.5. The average Bonchev–Trinajstić information content (AvgIpc) is 2.95. The van der Waals surface area contributed by atoms with Gasteiger partial charge in [0.1, 0.15) is 5.75 Å². The van der Waals surface area contributed by atoms with Gasteiger partial charge in [-0.25, -0.2) is 9.36 Å². The van der Waals surface area contributed by atoms with Gasteiger partial charge in [0.15, 0.2) is 0 Å². The molecule has 9 heteroatoms. The van der Waals surface area contributed by atoms with Crippen molar-refractivity contribution in [1.29, 1.82) is 0 Å². The van der Waals surface area contributed by atoms with Crippen molar-refractivity contribution in [3.8, 4) is 17.3 Å². The Labute approximate surface area is 168 Å². The van der Waals surface area contributed by atoms with Gasteiger partial charge in [0.25, 0.3) is 0 Å². The Morgan fingerprint density at radius 3 is 2.53 bits per heavy atom. The minimum Gasteiger partial charge on any atom is -0.493 e. The Hall–Kier alpha value is -3.75. The van der Waals surface area contributed by atoms with E-state index >= 15 is 0 Å². The molecule has 1 N–H and O–H groups in total. The van der Waals surface area contributed by atoms with Gasteiger partial charge in [-0.2, -0.15) is 0 Å². The molecule has 0 aliphatic rings. The highest BCUT2D eigenvalue weighted by atomic mass is 19.4. The number of alkyl halides is 3. The predicted molar refractivity (Wildman–Crippen MR) is 104 cm³/mol. The molecule has 154 valence electrons. The predicted octanol–water partition coefficient (Wildman–Crippen LogP) is 4.15. The number of benzene rings is 2. The molecular formula is C21H16F3N3O3. The van der Waals surface area contributed by atoms with E-state index in [0.29, 0.717) is 0 Å². The van der Waals surface area contributed by atoms with E-state index in [1.807, 2.05) is 25.1 Å². The van der Waals surface area contributed by atoms with Crippen LogP contribution in [0, 0.1) is 6.92 Å². The number of imidazole rings is 1. The van der Waals surface area contributed by atoms with Crippen molar-refractivity contribution in [3.63, 3.8) is 0 Å². The van der Waals surface area contributed by atoms with Crippen molar-refractivity contribution in [3.05, 3.63) is 82.5 Å². The lowest BCUT2D eigenvalue weighted by molar-refractivity contribution is -0.274. The fraction of sp³-hybridized carbons (Fsp3) is 0.143. The monoisotopic (exact) mass is 415 g/mol. The minimum absolute atomic E-state index is 0.192. The van der Waals surface area contributed by atoms with Crippen LogP contribution in [0.3, 0.4) is 0 Å². The molecular weight excluding hydrogens is 399 g/mol. The van der Waals surface area contributed by atoms with Crippen LogP contribution >= 0.6 is 0 Å². The van der Waals surface area contributed by atoms with Crippen molar-refractivity contribution < 1.29 is 23.0 Å². The maximum Gasteiger partial charge on any atom is 0.573 e. The second kappa shape index (κ2) is 7.25. The summed E-state index contributed by atoms with van der Waals surface area (Å²) in [7, 11) is 0. The highest BCUT2D eigenvalue weighted by molar-refractivity contribution is 5.82. The van der Waals surface area contributed by atoms with Crippen LogP contribution in [-0.4, -0.2) is 25.6 Å². The first-order valence-corrected chi connectivity index (χ1v) is 8.93. The van der Waals surface area contributed by atoms with E-state index in [4.69, 9.17) is 0 Å². The van der Waals surface area contributed by atoms with Crippen molar-refractivity contribution in [2.45, 2.75) is 19.8 Å². The molecule has 6 nitrogen and oxygen atoms in total. The Kier molecular flexibility index (Phi) is 4.73. The first-order valence-electron chi connectivity index (χ1n) is 8.93. The van der Waals surface area contributed by atoms with Crippen LogP contribution in [0.15, 0.2) is 65.7 Å². The zero-order valence-corrected chi connectivity index (χ0v) is 15.7. The summed E-state index contributed by atoms with van der Waals surface area (Å²) >= 11 is 0. The molecule has 0 atom stereocenters. The van der Waals surface area contributed by atoms with Gasteiger partial charge in [-0.15, -0.1) is 13.2 Å². The number of nitrogens with zero attached hydrogens (tertiary/aromatic N) is 3. The summed E-state index contributed by atoms with van der Waals surface area (Å²) < 4.78 is 43.1. The van der Waals surface area contributed by atoms with E-state index < -0.39 is 17.8 Å². The average molecular weight is 415 g/mol. The first kappa shape index (κ1) is 19.6. The normalized spacial score (nSPS) is 11.7. The molecule has 0 aliphatic carbocycles. The highest BCUT2D eigenvalue weighted by Crippen LogP contribution is 2.25. The topological polar surface area (TPSA) is 69.3 Å². The van der Waals surface area contributed by atoms with Gasteiger partial charge in [-0.1, -0.05) is 11.6 Å². The van der Waals surface area contributed by atoms with E-state index in [1.54, 1.807) is 12.3 Å². The molecule has 0 spiro atoms. The smallest absolute Gasteiger partial charge is 0.493 e. The standard InChI is InChI=1S/C21H16F3N3O3/c1-13-2-7-18-17(10-13)14(8-9-25-18)11-26-12-19(28)27(20(26)29)15-3-5-16(6-4-15)30-21(22,23)24/h2-10,12,28H,11H2,1H3. The SMILES string of the molecule is Cc1ccc2nccc(Cn3cc(O)n(-c4ccc(OC(F)(F)F)cc4)c3=O)c2c1. The number of hydrogen-bond donors (Lipinski definition) is 1. The Balaban J connectivity index is 1.68. The number of aromatic nitrogens is 3. The highest BCUT2D eigenvalue weighted by Gasteiger charge is 2.31. The van der Waals surface area contributed by atoms with Gasteiger partial charge < -0.3 is 9.84 Å². The van der Waals surface area contributed by atoms with Gasteiger partial charge in [-0.3, -0.25) is 9.55 Å². The van der Waals surface area contributed by atoms with E-state index in [-0.39, 0.29) is 18.1 Å². The number of halogens is 3. The molecule has 0 unspecified atom stereocenters. The number of pyridine rings is 1. The number of ether oxygens (including phenoxy) is 1. The number of hydrogen-bond acceptors (Lipinski definition) is 4. The molecule has 0 radical (unpaired) electrons. The van der Waals surface area contributed by atoms with Gasteiger partial charge in [-0.05, 0) is 55.0 Å². The quantitative estimate of drug-likeness (QED) is 0.544. The molecule has 0 amide bonds. The van der Waals surface area contributed by atoms with Crippen LogP contribution in [-0.2, 0) is 6.54 Å². The summed E-state index contributed by atoms with van der Waals surface area (Å²) in [6.45, 7) is 2.15.